The number of hydrogen-bond donors (Lipinski definition) is 3. The molecule has 2 aromatic carbocycles. The Morgan fingerprint density at radius 2 is 1.69 bits per heavy atom. The molecule has 7 nitrogen and oxygen atoms in total. The molecule has 3 fully saturated rings. The number of phenols is 3. The van der Waals surface area contributed by atoms with E-state index in [1.165, 1.54) is 24.5 Å². The third-order valence-corrected chi connectivity index (χ3v) is 10.3. The maximum atomic E-state index is 12.4. The number of rotatable bonds is 1. The molecule has 0 bridgehead atoms. The molecule has 0 unspecified atom stereocenters. The van der Waals surface area contributed by atoms with Gasteiger partial charge < -0.3 is 19.7 Å². The minimum Gasteiger partial charge on any atom is -0.508 e. The lowest BCUT2D eigenvalue weighted by Gasteiger charge is -2.56. The number of Topliss-reactive ketones (excluding diaryl/α,β-unsaturated/α-hetero) is 1. The molecule has 4 aliphatic rings. The fourth-order valence-electron chi connectivity index (χ4n) is 8.04. The molecule has 0 aliphatic heterocycles. The molecule has 42 heavy (non-hydrogen) atoms. The van der Waals surface area contributed by atoms with E-state index in [9.17, 15) is 29.7 Å². The van der Waals surface area contributed by atoms with Crippen LogP contribution in [0.2, 0.25) is 0 Å². The van der Waals surface area contributed by atoms with Crippen LogP contribution in [0, 0.1) is 28.6 Å². The van der Waals surface area contributed by atoms with Gasteiger partial charge in [0.05, 0.1) is 5.56 Å². The lowest BCUT2D eigenvalue weighted by atomic mass is 9.48. The van der Waals surface area contributed by atoms with Gasteiger partial charge >= 0.3 is 0 Å². The van der Waals surface area contributed by atoms with E-state index in [1.807, 2.05) is 0 Å². The average molecular weight is 567 g/mol. The number of aromatic hydroxyl groups is 3. The summed E-state index contributed by atoms with van der Waals surface area (Å²) in [6.45, 7) is 8.75. The summed E-state index contributed by atoms with van der Waals surface area (Å²) in [5, 5.41) is 28.4. The minimum absolute atomic E-state index is 0.00775. The summed E-state index contributed by atoms with van der Waals surface area (Å²) in [5.41, 5.74) is 2.61. The molecule has 7 rings (SSSR count). The molecule has 4 aliphatic carbocycles. The molecule has 216 valence electrons. The van der Waals surface area contributed by atoms with Gasteiger partial charge in [-0.25, -0.2) is 0 Å². The van der Waals surface area contributed by atoms with Gasteiger partial charge in [0.15, 0.2) is 5.78 Å². The second-order valence-electron chi connectivity index (χ2n) is 12.5. The Bertz CT molecular complexity index is 1760. The van der Waals surface area contributed by atoms with Crippen molar-refractivity contribution in [1.82, 2.24) is 0 Å². The van der Waals surface area contributed by atoms with Crippen molar-refractivity contribution in [2.45, 2.75) is 46.0 Å². The van der Waals surface area contributed by atoms with Crippen molar-refractivity contribution in [3.63, 3.8) is 0 Å². The van der Waals surface area contributed by atoms with Crippen LogP contribution in [0.15, 0.2) is 87.8 Å². The Hall–Kier alpha value is -4.39. The van der Waals surface area contributed by atoms with Crippen LogP contribution in [-0.4, -0.2) is 26.9 Å². The number of carbonyl (C=O) groups is 2. The van der Waals surface area contributed by atoms with Gasteiger partial charge in [0.1, 0.15) is 40.3 Å². The van der Waals surface area contributed by atoms with Crippen LogP contribution < -0.4 is 5.43 Å². The highest BCUT2D eigenvalue weighted by Crippen LogP contribution is 2.64. The number of hydrogen-bond acceptors (Lipinski definition) is 7. The molecule has 1 aromatic heterocycles. The Morgan fingerprint density at radius 1 is 0.952 bits per heavy atom. The monoisotopic (exact) mass is 566 g/mol. The quantitative estimate of drug-likeness (QED) is 0.303. The predicted molar refractivity (Wildman–Crippen MR) is 159 cm³/mol. The van der Waals surface area contributed by atoms with Gasteiger partial charge in [0, 0.05) is 29.4 Å². The summed E-state index contributed by atoms with van der Waals surface area (Å²) < 4.78 is 5.29. The first-order valence-corrected chi connectivity index (χ1v) is 14.4. The maximum absolute atomic E-state index is 12.4. The van der Waals surface area contributed by atoms with Crippen molar-refractivity contribution in [2.75, 3.05) is 0 Å². The third-order valence-electron chi connectivity index (χ3n) is 10.3. The van der Waals surface area contributed by atoms with Crippen LogP contribution in [0.1, 0.15) is 46.0 Å². The van der Waals surface area contributed by atoms with Gasteiger partial charge in [-0.2, -0.15) is 0 Å². The predicted octanol–water partition coefficient (Wildman–Crippen LogP) is 6.61. The van der Waals surface area contributed by atoms with E-state index in [-0.39, 0.29) is 50.4 Å². The molecule has 0 spiro atoms. The van der Waals surface area contributed by atoms with E-state index in [0.29, 0.717) is 29.1 Å². The zero-order chi connectivity index (χ0) is 30.0. The normalized spacial score (nSPS) is 29.7. The second-order valence-corrected chi connectivity index (χ2v) is 12.5. The number of phenolic OH excluding ortho intramolecular Hbond substituents is 3. The zero-order valence-electron chi connectivity index (χ0n) is 23.7. The number of fused-ring (bicyclic) bond motifs is 6. The van der Waals surface area contributed by atoms with Crippen LogP contribution in [0.5, 0.6) is 17.2 Å². The van der Waals surface area contributed by atoms with Crippen LogP contribution in [0.3, 0.4) is 0 Å². The van der Waals surface area contributed by atoms with Crippen LogP contribution >= 0.6 is 0 Å². The molecular formula is C35H34O7. The lowest BCUT2D eigenvalue weighted by molar-refractivity contribution is -0.131. The lowest BCUT2D eigenvalue weighted by Crippen LogP contribution is -2.50. The first kappa shape index (κ1) is 27.8. The summed E-state index contributed by atoms with van der Waals surface area (Å²) in [5.74, 6) is 1.71. The van der Waals surface area contributed by atoms with Crippen molar-refractivity contribution >= 4 is 22.5 Å². The fourth-order valence-corrected chi connectivity index (χ4v) is 8.04. The first-order valence-electron chi connectivity index (χ1n) is 14.4. The number of ketones is 2. The van der Waals surface area contributed by atoms with Crippen LogP contribution in [0.4, 0.5) is 0 Å². The van der Waals surface area contributed by atoms with Gasteiger partial charge in [-0.15, -0.1) is 0 Å². The SMILES string of the molecule is C=C1C[C@@H]2[C@H](CC[C@]3(C)C(=O)CC[C@@H]23)[C@@]2(C)C=CC(=O)C=C12.O=c1c(-c2ccc(O)cc2)coc2cc(O)cc(O)c12. The summed E-state index contributed by atoms with van der Waals surface area (Å²) >= 11 is 0. The van der Waals surface area contributed by atoms with E-state index in [1.54, 1.807) is 24.3 Å². The molecule has 0 amide bonds. The first-order chi connectivity index (χ1) is 19.9. The van der Waals surface area contributed by atoms with Gasteiger partial charge in [0.25, 0.3) is 0 Å². The number of benzene rings is 2. The molecule has 5 atom stereocenters. The third kappa shape index (κ3) is 4.30. The Morgan fingerprint density at radius 3 is 2.43 bits per heavy atom. The van der Waals surface area contributed by atoms with Gasteiger partial charge in [-0.3, -0.25) is 14.4 Å². The molecule has 0 radical (unpaired) electrons. The smallest absolute Gasteiger partial charge is 0.204 e. The maximum Gasteiger partial charge on any atom is 0.204 e. The van der Waals surface area contributed by atoms with Gasteiger partial charge in [0.2, 0.25) is 5.43 Å². The summed E-state index contributed by atoms with van der Waals surface area (Å²) in [4.78, 5) is 36.6. The molecule has 3 saturated carbocycles. The molecule has 7 heteroatoms. The van der Waals surface area contributed by atoms with Crippen molar-refractivity contribution in [2.24, 2.45) is 28.6 Å². The highest BCUT2D eigenvalue weighted by molar-refractivity contribution is 6.02. The van der Waals surface area contributed by atoms with E-state index >= 15 is 0 Å². The van der Waals surface area contributed by atoms with E-state index in [0.717, 1.165) is 49.3 Å². The zero-order valence-corrected chi connectivity index (χ0v) is 23.7. The van der Waals surface area contributed by atoms with E-state index < -0.39 is 5.43 Å². The molecule has 0 saturated heterocycles. The topological polar surface area (TPSA) is 125 Å². The van der Waals surface area contributed by atoms with Crippen LogP contribution in [0.25, 0.3) is 22.1 Å². The summed E-state index contributed by atoms with van der Waals surface area (Å²) in [6, 6.07) is 8.40. The second kappa shape index (κ2) is 9.86. The Kier molecular flexibility index (Phi) is 6.52. The number of allylic oxidation sites excluding steroid dienone is 5. The Balaban J connectivity index is 0.000000151. The van der Waals surface area contributed by atoms with E-state index in [4.69, 9.17) is 4.42 Å². The van der Waals surface area contributed by atoms with Crippen molar-refractivity contribution < 1.29 is 29.3 Å². The highest BCUT2D eigenvalue weighted by Gasteiger charge is 2.59. The van der Waals surface area contributed by atoms with Gasteiger partial charge in [-0.05, 0) is 78.9 Å². The molecule has 1 heterocycles. The van der Waals surface area contributed by atoms with E-state index in [2.05, 4.69) is 26.5 Å². The standard InChI is InChI=1S/C20H24O2.C15H10O5/c1-12-10-14-15-4-5-18(22)20(15,3)9-7-16(14)19(2)8-6-13(21)11-17(12)19;16-9-3-1-8(2-4-9)11-7-20-13-6-10(17)5-12(18)14(13)15(11)19/h6,8,11,14-16H,1,4-5,7,9-10H2,2-3H3;1-7,16-18H/t14-,15-,16-,19+,20-;/m0./s1. The molecule has 3 aromatic rings. The fraction of sp³-hybridized carbons (Fsp3) is 0.343. The van der Waals surface area contributed by atoms with Gasteiger partial charge in [-0.1, -0.05) is 44.2 Å². The molecule has 3 N–H and O–H groups in total. The van der Waals surface area contributed by atoms with Crippen molar-refractivity contribution in [3.05, 3.63) is 88.8 Å². The Labute approximate surface area is 243 Å². The minimum atomic E-state index is -0.408. The largest absolute Gasteiger partial charge is 0.508 e. The average Bonchev–Trinajstić information content (AvgIpc) is 3.25. The number of carbonyl (C=O) groups excluding carboxylic acids is 2. The highest BCUT2D eigenvalue weighted by atomic mass is 16.3. The molecular weight excluding hydrogens is 532 g/mol. The summed E-state index contributed by atoms with van der Waals surface area (Å²) in [6.07, 6.45) is 11.8. The van der Waals surface area contributed by atoms with Crippen molar-refractivity contribution in [1.29, 1.82) is 0 Å². The van der Waals surface area contributed by atoms with Crippen LogP contribution in [-0.2, 0) is 9.59 Å². The summed E-state index contributed by atoms with van der Waals surface area (Å²) in [7, 11) is 0. The van der Waals surface area contributed by atoms with Crippen molar-refractivity contribution in [3.8, 4) is 28.4 Å².